The molecule has 2 aromatic rings. The molecule has 0 aliphatic rings. The highest BCUT2D eigenvalue weighted by Gasteiger charge is 1.97. The Hall–Kier alpha value is -1.71. The van der Waals surface area contributed by atoms with Crippen molar-refractivity contribution in [3.63, 3.8) is 0 Å². The van der Waals surface area contributed by atoms with Gasteiger partial charge in [-0.1, -0.05) is 6.92 Å². The summed E-state index contributed by atoms with van der Waals surface area (Å²) in [5, 5.41) is 3.21. The lowest BCUT2D eigenvalue weighted by atomic mass is 10.4. The summed E-state index contributed by atoms with van der Waals surface area (Å²) in [5.41, 5.74) is 1.52. The monoisotopic (exact) mass is 188 g/mol. The smallest absolute Gasteiger partial charge is 0.180 e. The summed E-state index contributed by atoms with van der Waals surface area (Å²) in [7, 11) is 0. The fourth-order valence-electron chi connectivity index (χ4n) is 1.21. The third-order valence-electron chi connectivity index (χ3n) is 1.89. The molecule has 14 heavy (non-hydrogen) atoms. The van der Waals surface area contributed by atoms with Crippen molar-refractivity contribution in [3.8, 4) is 0 Å². The van der Waals surface area contributed by atoms with E-state index < -0.39 is 0 Å². The van der Waals surface area contributed by atoms with Crippen LogP contribution in [0.25, 0.3) is 11.2 Å². The number of nitrogens with zero attached hydrogens (tertiary/aromatic N) is 3. The number of fused-ring (bicyclic) bond motifs is 1. The van der Waals surface area contributed by atoms with Gasteiger partial charge in [0, 0.05) is 18.9 Å². The van der Waals surface area contributed by atoms with E-state index >= 15 is 0 Å². The Labute approximate surface area is 82.4 Å². The Balaban J connectivity index is 2.32. The number of pyridine rings is 1. The molecule has 0 amide bonds. The summed E-state index contributed by atoms with van der Waals surface area (Å²) >= 11 is 0. The Bertz CT molecular complexity index is 427. The molecule has 2 aromatic heterocycles. The number of anilines is 1. The zero-order valence-corrected chi connectivity index (χ0v) is 8.07. The topological polar surface area (TPSA) is 50.7 Å². The van der Waals surface area contributed by atoms with Gasteiger partial charge in [0.2, 0.25) is 0 Å². The Morgan fingerprint density at radius 2 is 2.07 bits per heavy atom. The van der Waals surface area contributed by atoms with Gasteiger partial charge in [-0.3, -0.25) is 4.98 Å². The molecule has 4 heteroatoms. The summed E-state index contributed by atoms with van der Waals surface area (Å²) in [6.07, 6.45) is 4.41. The van der Waals surface area contributed by atoms with E-state index in [0.29, 0.717) is 5.65 Å². The van der Waals surface area contributed by atoms with Crippen molar-refractivity contribution in [1.29, 1.82) is 0 Å². The first-order valence-corrected chi connectivity index (χ1v) is 4.72. The maximum atomic E-state index is 4.33. The van der Waals surface area contributed by atoms with Crippen molar-refractivity contribution in [2.75, 3.05) is 11.9 Å². The fraction of sp³-hybridized carbons (Fsp3) is 0.300. The van der Waals surface area contributed by atoms with Crippen LogP contribution >= 0.6 is 0 Å². The molecule has 0 aliphatic carbocycles. The molecule has 0 aromatic carbocycles. The summed E-state index contributed by atoms with van der Waals surface area (Å²) in [4.78, 5) is 12.6. The van der Waals surface area contributed by atoms with Gasteiger partial charge in [-0.2, -0.15) is 0 Å². The first kappa shape index (κ1) is 8.87. The second-order valence-corrected chi connectivity index (χ2v) is 3.02. The average Bonchev–Trinajstić information content (AvgIpc) is 2.26. The molecule has 0 unspecified atom stereocenters. The lowest BCUT2D eigenvalue weighted by molar-refractivity contribution is 0.970. The van der Waals surface area contributed by atoms with Crippen LogP contribution < -0.4 is 5.32 Å². The minimum absolute atomic E-state index is 0.689. The van der Waals surface area contributed by atoms with Crippen molar-refractivity contribution >= 4 is 17.0 Å². The summed E-state index contributed by atoms with van der Waals surface area (Å²) in [5.74, 6) is 0.861. The van der Waals surface area contributed by atoms with E-state index in [-0.39, 0.29) is 0 Å². The molecule has 0 aliphatic heterocycles. The van der Waals surface area contributed by atoms with E-state index in [1.54, 1.807) is 12.4 Å². The van der Waals surface area contributed by atoms with Crippen LogP contribution in [-0.2, 0) is 0 Å². The van der Waals surface area contributed by atoms with Crippen LogP contribution in [0.3, 0.4) is 0 Å². The highest BCUT2D eigenvalue weighted by Crippen LogP contribution is 2.09. The van der Waals surface area contributed by atoms with Gasteiger partial charge in [-0.05, 0) is 18.6 Å². The first-order chi connectivity index (χ1) is 6.90. The molecule has 4 nitrogen and oxygen atoms in total. The third-order valence-corrected chi connectivity index (χ3v) is 1.89. The highest BCUT2D eigenvalue weighted by molar-refractivity contribution is 5.71. The van der Waals surface area contributed by atoms with Gasteiger partial charge in [-0.25, -0.2) is 9.97 Å². The zero-order valence-electron chi connectivity index (χ0n) is 8.07. The van der Waals surface area contributed by atoms with Crippen molar-refractivity contribution in [2.24, 2.45) is 0 Å². The molecule has 0 bridgehead atoms. The van der Waals surface area contributed by atoms with Crippen molar-refractivity contribution < 1.29 is 0 Å². The van der Waals surface area contributed by atoms with Gasteiger partial charge in [0.15, 0.2) is 5.65 Å². The van der Waals surface area contributed by atoms with Gasteiger partial charge in [-0.15, -0.1) is 0 Å². The molecule has 0 saturated carbocycles. The molecule has 1 N–H and O–H groups in total. The van der Waals surface area contributed by atoms with Gasteiger partial charge in [0.25, 0.3) is 0 Å². The van der Waals surface area contributed by atoms with Crippen LogP contribution in [0.1, 0.15) is 13.3 Å². The van der Waals surface area contributed by atoms with Crippen molar-refractivity contribution in [2.45, 2.75) is 13.3 Å². The predicted molar refractivity (Wildman–Crippen MR) is 56.1 cm³/mol. The number of hydrogen-bond donors (Lipinski definition) is 1. The van der Waals surface area contributed by atoms with Crippen LogP contribution in [0, 0.1) is 0 Å². The lowest BCUT2D eigenvalue weighted by Gasteiger charge is -2.03. The molecule has 2 rings (SSSR count). The van der Waals surface area contributed by atoms with Crippen LogP contribution in [0.2, 0.25) is 0 Å². The minimum atomic E-state index is 0.689. The largest absolute Gasteiger partial charge is 0.370 e. The van der Waals surface area contributed by atoms with E-state index in [9.17, 15) is 0 Å². The Kier molecular flexibility index (Phi) is 2.53. The lowest BCUT2D eigenvalue weighted by Crippen LogP contribution is -2.02. The van der Waals surface area contributed by atoms with Crippen LogP contribution in [0.15, 0.2) is 24.5 Å². The fourth-order valence-corrected chi connectivity index (χ4v) is 1.21. The molecule has 72 valence electrons. The third kappa shape index (κ3) is 1.79. The van der Waals surface area contributed by atoms with Gasteiger partial charge >= 0.3 is 0 Å². The predicted octanol–water partition coefficient (Wildman–Crippen LogP) is 1.85. The van der Waals surface area contributed by atoms with Crippen molar-refractivity contribution in [1.82, 2.24) is 15.0 Å². The van der Waals surface area contributed by atoms with Crippen LogP contribution in [0.5, 0.6) is 0 Å². The number of rotatable bonds is 3. The van der Waals surface area contributed by atoms with E-state index in [1.165, 1.54) is 0 Å². The van der Waals surface area contributed by atoms with Gasteiger partial charge < -0.3 is 5.32 Å². The average molecular weight is 188 g/mol. The number of aromatic nitrogens is 3. The van der Waals surface area contributed by atoms with Gasteiger partial charge in [0.05, 0.1) is 0 Å². The van der Waals surface area contributed by atoms with E-state index in [2.05, 4.69) is 27.2 Å². The first-order valence-electron chi connectivity index (χ1n) is 4.72. The Morgan fingerprint density at radius 1 is 1.21 bits per heavy atom. The Morgan fingerprint density at radius 3 is 2.93 bits per heavy atom. The summed E-state index contributed by atoms with van der Waals surface area (Å²) in [6, 6.07) is 3.85. The molecule has 0 saturated heterocycles. The number of hydrogen-bond acceptors (Lipinski definition) is 4. The van der Waals surface area contributed by atoms with E-state index in [1.807, 2.05) is 12.1 Å². The van der Waals surface area contributed by atoms with Gasteiger partial charge in [0.1, 0.15) is 11.3 Å². The van der Waals surface area contributed by atoms with E-state index in [0.717, 1.165) is 24.3 Å². The second kappa shape index (κ2) is 4.00. The molecule has 0 atom stereocenters. The molecular formula is C10H12N4. The molecule has 2 heterocycles. The molecular weight excluding hydrogens is 176 g/mol. The molecule has 0 spiro atoms. The van der Waals surface area contributed by atoms with Crippen molar-refractivity contribution in [3.05, 3.63) is 24.5 Å². The molecule has 0 radical (unpaired) electrons. The maximum absolute atomic E-state index is 4.33. The SMILES string of the molecule is CCCNc1ccc2nccnc2n1. The zero-order chi connectivity index (χ0) is 9.80. The number of nitrogens with one attached hydrogen (secondary N) is 1. The standard InChI is InChI=1S/C10H12N4/c1-2-5-12-9-4-3-8-10(14-9)13-7-6-11-8/h3-4,6-7H,2,5H2,1H3,(H,12,13,14). The normalized spacial score (nSPS) is 10.4. The highest BCUT2D eigenvalue weighted by atomic mass is 15.0. The maximum Gasteiger partial charge on any atom is 0.180 e. The quantitative estimate of drug-likeness (QED) is 0.798. The molecule has 0 fully saturated rings. The summed E-state index contributed by atoms with van der Waals surface area (Å²) < 4.78 is 0. The van der Waals surface area contributed by atoms with E-state index in [4.69, 9.17) is 0 Å². The summed E-state index contributed by atoms with van der Waals surface area (Å²) in [6.45, 7) is 3.05. The second-order valence-electron chi connectivity index (χ2n) is 3.02. The minimum Gasteiger partial charge on any atom is -0.370 e. The van der Waals surface area contributed by atoms with Crippen LogP contribution in [0.4, 0.5) is 5.82 Å². The van der Waals surface area contributed by atoms with Crippen LogP contribution in [-0.4, -0.2) is 21.5 Å².